The van der Waals surface area contributed by atoms with Gasteiger partial charge in [-0.15, -0.1) is 11.3 Å². The van der Waals surface area contributed by atoms with Gasteiger partial charge in [-0.25, -0.2) is 8.42 Å². The van der Waals surface area contributed by atoms with Crippen molar-refractivity contribution in [2.75, 3.05) is 4.72 Å². The van der Waals surface area contributed by atoms with E-state index in [0.717, 1.165) is 22.4 Å². The fourth-order valence-corrected chi connectivity index (χ4v) is 4.24. The molecule has 0 unspecified atom stereocenters. The van der Waals surface area contributed by atoms with Crippen LogP contribution in [0.2, 0.25) is 0 Å². The lowest BCUT2D eigenvalue weighted by Gasteiger charge is -2.06. The summed E-state index contributed by atoms with van der Waals surface area (Å²) in [6.07, 6.45) is 0.881. The van der Waals surface area contributed by atoms with Crippen molar-refractivity contribution in [3.63, 3.8) is 0 Å². The summed E-state index contributed by atoms with van der Waals surface area (Å²) in [7, 11) is -3.53. The lowest BCUT2D eigenvalue weighted by atomic mass is 10.1. The minimum atomic E-state index is -3.53. The van der Waals surface area contributed by atoms with Gasteiger partial charge in [-0.3, -0.25) is 4.72 Å². The Hall–Kier alpha value is -1.33. The van der Waals surface area contributed by atoms with Gasteiger partial charge in [0.1, 0.15) is 5.00 Å². The Morgan fingerprint density at radius 2 is 1.89 bits per heavy atom. The molecule has 2 aromatic rings. The summed E-state index contributed by atoms with van der Waals surface area (Å²) in [5.74, 6) is 0. The molecule has 0 saturated heterocycles. The van der Waals surface area contributed by atoms with Crippen molar-refractivity contribution in [2.24, 2.45) is 0 Å². The first-order chi connectivity index (χ1) is 8.95. The van der Waals surface area contributed by atoms with Gasteiger partial charge in [0.15, 0.2) is 0 Å². The standard InChI is InChI=1S/C14H16NO2S2/c1-4-13-10(2)11(3)14(18-13)15-19(16,17)12-8-6-5-7-9-12/h5-9,15H,3-4H2,1-2H3. The molecular weight excluding hydrogens is 278 g/mol. The molecule has 1 heterocycles. The van der Waals surface area contributed by atoms with Crippen LogP contribution in [0.3, 0.4) is 0 Å². The van der Waals surface area contributed by atoms with Crippen LogP contribution in [0.25, 0.3) is 0 Å². The number of anilines is 1. The van der Waals surface area contributed by atoms with Crippen LogP contribution >= 0.6 is 11.3 Å². The van der Waals surface area contributed by atoms with Crippen LogP contribution in [-0.2, 0) is 16.4 Å². The number of sulfonamides is 1. The maximum absolute atomic E-state index is 12.2. The van der Waals surface area contributed by atoms with E-state index in [4.69, 9.17) is 0 Å². The lowest BCUT2D eigenvalue weighted by Crippen LogP contribution is -2.12. The molecule has 1 radical (unpaired) electrons. The van der Waals surface area contributed by atoms with Crippen molar-refractivity contribution in [3.8, 4) is 0 Å². The molecule has 0 aliphatic carbocycles. The van der Waals surface area contributed by atoms with Crippen molar-refractivity contribution in [3.05, 3.63) is 53.3 Å². The summed E-state index contributed by atoms with van der Waals surface area (Å²) >= 11 is 1.45. The van der Waals surface area contributed by atoms with E-state index in [1.54, 1.807) is 30.3 Å². The second kappa shape index (κ2) is 5.35. The number of benzene rings is 1. The summed E-state index contributed by atoms with van der Waals surface area (Å²) < 4.78 is 27.1. The molecular formula is C14H16NO2S2. The van der Waals surface area contributed by atoms with Crippen LogP contribution in [0.1, 0.15) is 22.9 Å². The maximum atomic E-state index is 12.2. The van der Waals surface area contributed by atoms with Crippen LogP contribution in [0, 0.1) is 13.8 Å². The Kier molecular flexibility index (Phi) is 3.96. The molecule has 0 spiro atoms. The van der Waals surface area contributed by atoms with Gasteiger partial charge in [-0.05, 0) is 43.5 Å². The van der Waals surface area contributed by atoms with E-state index in [1.165, 1.54) is 11.3 Å². The number of hydrogen-bond donors (Lipinski definition) is 1. The highest BCUT2D eigenvalue weighted by molar-refractivity contribution is 7.93. The highest BCUT2D eigenvalue weighted by atomic mass is 32.2. The summed E-state index contributed by atoms with van der Waals surface area (Å²) in [6.45, 7) is 7.97. The van der Waals surface area contributed by atoms with Gasteiger partial charge in [-0.2, -0.15) is 0 Å². The molecule has 1 aromatic heterocycles. The van der Waals surface area contributed by atoms with Crippen LogP contribution in [0.15, 0.2) is 35.2 Å². The van der Waals surface area contributed by atoms with Gasteiger partial charge >= 0.3 is 0 Å². The van der Waals surface area contributed by atoms with Crippen molar-refractivity contribution in [1.29, 1.82) is 0 Å². The fourth-order valence-electron chi connectivity index (χ4n) is 1.80. The Labute approximate surface area is 118 Å². The molecule has 101 valence electrons. The Balaban J connectivity index is 2.36. The van der Waals surface area contributed by atoms with Crippen molar-refractivity contribution in [1.82, 2.24) is 0 Å². The van der Waals surface area contributed by atoms with Gasteiger partial charge in [0.2, 0.25) is 0 Å². The van der Waals surface area contributed by atoms with Gasteiger partial charge in [0.25, 0.3) is 10.0 Å². The van der Waals surface area contributed by atoms with Gasteiger partial charge in [0, 0.05) is 4.88 Å². The largest absolute Gasteiger partial charge is 0.270 e. The first kappa shape index (κ1) is 14.1. The SMILES string of the molecule is [CH2]c1c(NS(=O)(=O)c2ccccc2)sc(CC)c1C. The third kappa shape index (κ3) is 2.82. The summed E-state index contributed by atoms with van der Waals surface area (Å²) in [6, 6.07) is 8.35. The minimum absolute atomic E-state index is 0.263. The molecule has 19 heavy (non-hydrogen) atoms. The zero-order valence-corrected chi connectivity index (χ0v) is 12.6. The van der Waals surface area contributed by atoms with Gasteiger partial charge in [0.05, 0.1) is 4.90 Å². The highest BCUT2D eigenvalue weighted by Gasteiger charge is 2.18. The van der Waals surface area contributed by atoms with Crippen molar-refractivity contribution in [2.45, 2.75) is 25.2 Å². The molecule has 1 aromatic carbocycles. The van der Waals surface area contributed by atoms with Crippen LogP contribution < -0.4 is 4.72 Å². The number of aryl methyl sites for hydroxylation is 1. The molecule has 3 nitrogen and oxygen atoms in total. The van der Waals surface area contributed by atoms with E-state index in [9.17, 15) is 8.42 Å². The molecule has 0 bridgehead atoms. The average molecular weight is 294 g/mol. The van der Waals surface area contributed by atoms with E-state index < -0.39 is 10.0 Å². The third-order valence-corrected chi connectivity index (χ3v) is 5.86. The molecule has 1 N–H and O–H groups in total. The molecule has 0 aliphatic rings. The molecule has 2 rings (SSSR count). The normalized spacial score (nSPS) is 11.5. The highest BCUT2D eigenvalue weighted by Crippen LogP contribution is 2.33. The van der Waals surface area contributed by atoms with E-state index in [-0.39, 0.29) is 4.90 Å². The van der Waals surface area contributed by atoms with Gasteiger partial charge < -0.3 is 0 Å². The Morgan fingerprint density at radius 3 is 2.42 bits per heavy atom. The predicted octanol–water partition coefficient (Wildman–Crippen LogP) is 3.60. The molecule has 0 atom stereocenters. The van der Waals surface area contributed by atoms with E-state index in [1.807, 2.05) is 13.8 Å². The fraction of sp³-hybridized carbons (Fsp3) is 0.214. The summed E-state index contributed by atoms with van der Waals surface area (Å²) in [5, 5.41) is 0.609. The average Bonchev–Trinajstić information content (AvgIpc) is 2.67. The summed E-state index contributed by atoms with van der Waals surface area (Å²) in [4.78, 5) is 1.43. The number of thiophene rings is 1. The third-order valence-electron chi connectivity index (χ3n) is 2.97. The van der Waals surface area contributed by atoms with E-state index >= 15 is 0 Å². The monoisotopic (exact) mass is 294 g/mol. The molecule has 0 amide bonds. The van der Waals surface area contributed by atoms with Crippen LogP contribution in [0.4, 0.5) is 5.00 Å². The predicted molar refractivity (Wildman–Crippen MR) is 80.1 cm³/mol. The van der Waals surface area contributed by atoms with E-state index in [2.05, 4.69) is 11.6 Å². The second-order valence-corrected chi connectivity index (χ2v) is 7.02. The topological polar surface area (TPSA) is 46.2 Å². The lowest BCUT2D eigenvalue weighted by molar-refractivity contribution is 0.601. The minimum Gasteiger partial charge on any atom is -0.270 e. The Morgan fingerprint density at radius 1 is 1.26 bits per heavy atom. The molecule has 0 saturated carbocycles. The summed E-state index contributed by atoms with van der Waals surface area (Å²) in [5.41, 5.74) is 1.83. The maximum Gasteiger partial charge on any atom is 0.262 e. The number of hydrogen-bond acceptors (Lipinski definition) is 3. The molecule has 0 fully saturated rings. The zero-order valence-electron chi connectivity index (χ0n) is 10.9. The van der Waals surface area contributed by atoms with Crippen LogP contribution in [0.5, 0.6) is 0 Å². The van der Waals surface area contributed by atoms with Crippen molar-refractivity contribution >= 4 is 26.4 Å². The number of rotatable bonds is 4. The smallest absolute Gasteiger partial charge is 0.262 e. The molecule has 0 aliphatic heterocycles. The second-order valence-electron chi connectivity index (χ2n) is 4.23. The first-order valence-electron chi connectivity index (χ1n) is 5.97. The first-order valence-corrected chi connectivity index (χ1v) is 8.27. The van der Waals surface area contributed by atoms with E-state index in [0.29, 0.717) is 5.00 Å². The van der Waals surface area contributed by atoms with Crippen molar-refractivity contribution < 1.29 is 8.42 Å². The van der Waals surface area contributed by atoms with Gasteiger partial charge in [-0.1, -0.05) is 25.1 Å². The van der Waals surface area contributed by atoms with Crippen LogP contribution in [-0.4, -0.2) is 8.42 Å². The quantitative estimate of drug-likeness (QED) is 0.936. The zero-order chi connectivity index (χ0) is 14.0. The Bertz CT molecular complexity index is 673. The molecule has 5 heteroatoms. The number of nitrogens with one attached hydrogen (secondary N) is 1.